The van der Waals surface area contributed by atoms with Crippen molar-refractivity contribution >= 4 is 0 Å². The molecule has 0 atom stereocenters. The van der Waals surface area contributed by atoms with Crippen LogP contribution in [0.2, 0.25) is 0 Å². The number of nitrogens with two attached hydrogens (primary N) is 1. The van der Waals surface area contributed by atoms with Gasteiger partial charge in [-0.2, -0.15) is 0 Å². The molecule has 0 saturated heterocycles. The molecule has 1 rings (SSSR count). The Labute approximate surface area is 86.5 Å². The molecule has 0 aliphatic heterocycles. The molecule has 2 N–H and O–H groups in total. The average molecular weight is 192 g/mol. The van der Waals surface area contributed by atoms with E-state index in [4.69, 9.17) is 5.73 Å². The number of aryl methyl sites for hydroxylation is 1. The van der Waals surface area contributed by atoms with Crippen LogP contribution in [0.5, 0.6) is 0 Å². The lowest BCUT2D eigenvalue weighted by molar-refractivity contribution is 0.378. The Morgan fingerprint density at radius 3 is 2.43 bits per heavy atom. The van der Waals surface area contributed by atoms with Crippen LogP contribution in [0.3, 0.4) is 0 Å². The van der Waals surface area contributed by atoms with Gasteiger partial charge < -0.3 is 5.73 Å². The van der Waals surface area contributed by atoms with E-state index in [0.717, 1.165) is 12.0 Å². The normalized spacial score (nSPS) is 11.7. The molecule has 1 aromatic rings. The van der Waals surface area contributed by atoms with Gasteiger partial charge in [0.25, 0.3) is 0 Å². The second-order valence-electron chi connectivity index (χ2n) is 4.97. The van der Waals surface area contributed by atoms with Gasteiger partial charge in [-0.3, -0.25) is 4.98 Å². The number of pyridine rings is 1. The molecule has 2 nitrogen and oxygen atoms in total. The Kier molecular flexibility index (Phi) is 3.64. The molecule has 0 aliphatic rings. The lowest BCUT2D eigenvalue weighted by Crippen LogP contribution is -2.07. The van der Waals surface area contributed by atoms with E-state index >= 15 is 0 Å². The molecule has 1 heterocycles. The van der Waals surface area contributed by atoms with Gasteiger partial charge in [-0.25, -0.2) is 0 Å². The van der Waals surface area contributed by atoms with Crippen LogP contribution in [-0.4, -0.2) is 4.98 Å². The highest BCUT2D eigenvalue weighted by atomic mass is 14.6. The lowest BCUT2D eigenvalue weighted by atomic mass is 9.89. The van der Waals surface area contributed by atoms with E-state index < -0.39 is 0 Å². The zero-order valence-electron chi connectivity index (χ0n) is 9.38. The first-order valence-electron chi connectivity index (χ1n) is 5.14. The molecule has 0 fully saturated rings. The van der Waals surface area contributed by atoms with Gasteiger partial charge in [-0.1, -0.05) is 26.8 Å². The summed E-state index contributed by atoms with van der Waals surface area (Å²) in [7, 11) is 0. The Morgan fingerprint density at radius 1 is 1.21 bits per heavy atom. The van der Waals surface area contributed by atoms with Crippen molar-refractivity contribution in [3.05, 3.63) is 29.6 Å². The van der Waals surface area contributed by atoms with Crippen LogP contribution in [0.25, 0.3) is 0 Å². The summed E-state index contributed by atoms with van der Waals surface area (Å²) in [5.41, 5.74) is 8.36. The van der Waals surface area contributed by atoms with Crippen molar-refractivity contribution in [2.45, 2.75) is 40.2 Å². The number of hydrogen-bond acceptors (Lipinski definition) is 2. The quantitative estimate of drug-likeness (QED) is 0.799. The molecule has 78 valence electrons. The van der Waals surface area contributed by atoms with Crippen LogP contribution < -0.4 is 5.73 Å². The van der Waals surface area contributed by atoms with E-state index in [1.807, 2.05) is 12.4 Å². The summed E-state index contributed by atoms with van der Waals surface area (Å²) in [6.45, 7) is 7.35. The molecular formula is C12H20N2. The van der Waals surface area contributed by atoms with Crippen LogP contribution in [0, 0.1) is 5.41 Å². The Balaban J connectivity index is 2.59. The fourth-order valence-electron chi connectivity index (χ4n) is 1.31. The second-order valence-corrected chi connectivity index (χ2v) is 4.97. The van der Waals surface area contributed by atoms with Crippen molar-refractivity contribution in [2.24, 2.45) is 11.1 Å². The first kappa shape index (κ1) is 11.2. The second kappa shape index (κ2) is 4.56. The molecule has 0 spiro atoms. The zero-order chi connectivity index (χ0) is 10.6. The van der Waals surface area contributed by atoms with Crippen LogP contribution in [0.4, 0.5) is 0 Å². The van der Waals surface area contributed by atoms with Crippen molar-refractivity contribution in [1.29, 1.82) is 0 Å². The monoisotopic (exact) mass is 192 g/mol. The van der Waals surface area contributed by atoms with Crippen LogP contribution in [0.1, 0.15) is 38.3 Å². The van der Waals surface area contributed by atoms with Crippen molar-refractivity contribution in [2.75, 3.05) is 0 Å². The largest absolute Gasteiger partial charge is 0.326 e. The Hall–Kier alpha value is -0.890. The minimum Gasteiger partial charge on any atom is -0.326 e. The molecule has 0 radical (unpaired) electrons. The van der Waals surface area contributed by atoms with Gasteiger partial charge >= 0.3 is 0 Å². The number of aromatic nitrogens is 1. The maximum absolute atomic E-state index is 5.56. The highest BCUT2D eigenvalue weighted by Crippen LogP contribution is 2.21. The van der Waals surface area contributed by atoms with Gasteiger partial charge in [-0.15, -0.1) is 0 Å². The number of rotatable bonds is 3. The van der Waals surface area contributed by atoms with E-state index in [-0.39, 0.29) is 0 Å². The molecule has 0 aromatic carbocycles. The molecule has 0 amide bonds. The van der Waals surface area contributed by atoms with Gasteiger partial charge in [0.05, 0.1) is 0 Å². The van der Waals surface area contributed by atoms with Crippen molar-refractivity contribution in [3.63, 3.8) is 0 Å². The fourth-order valence-corrected chi connectivity index (χ4v) is 1.31. The van der Waals surface area contributed by atoms with E-state index in [9.17, 15) is 0 Å². The van der Waals surface area contributed by atoms with Gasteiger partial charge in [0.2, 0.25) is 0 Å². The summed E-state index contributed by atoms with van der Waals surface area (Å²) in [5, 5.41) is 0. The molecule has 1 aromatic heterocycles. The van der Waals surface area contributed by atoms with Crippen LogP contribution >= 0.6 is 0 Å². The standard InChI is InChI=1S/C12H20N2/c1-12(2,3)5-4-10-6-11(7-13)9-14-8-10/h6,8-9H,4-5,7,13H2,1-3H3. The van der Waals surface area contributed by atoms with Crippen LogP contribution in [-0.2, 0) is 13.0 Å². The lowest BCUT2D eigenvalue weighted by Gasteiger charge is -2.17. The minimum atomic E-state index is 0.388. The summed E-state index contributed by atoms with van der Waals surface area (Å²) >= 11 is 0. The summed E-state index contributed by atoms with van der Waals surface area (Å²) in [6.07, 6.45) is 6.04. The van der Waals surface area contributed by atoms with E-state index in [1.54, 1.807) is 0 Å². The van der Waals surface area contributed by atoms with Gasteiger partial charge in [-0.05, 0) is 29.4 Å². The highest BCUT2D eigenvalue weighted by Gasteiger charge is 2.09. The molecule has 14 heavy (non-hydrogen) atoms. The van der Waals surface area contributed by atoms with E-state index in [0.29, 0.717) is 12.0 Å². The topological polar surface area (TPSA) is 38.9 Å². The minimum absolute atomic E-state index is 0.388. The third-order valence-electron chi connectivity index (χ3n) is 2.25. The summed E-state index contributed by atoms with van der Waals surface area (Å²) < 4.78 is 0. The molecule has 0 unspecified atom stereocenters. The number of hydrogen-bond donors (Lipinski definition) is 1. The first-order valence-corrected chi connectivity index (χ1v) is 5.14. The average Bonchev–Trinajstić information content (AvgIpc) is 2.14. The zero-order valence-corrected chi connectivity index (χ0v) is 9.38. The third kappa shape index (κ3) is 3.88. The molecule has 0 saturated carbocycles. The van der Waals surface area contributed by atoms with Gasteiger partial charge in [0, 0.05) is 18.9 Å². The molecule has 0 aliphatic carbocycles. The maximum atomic E-state index is 5.56. The van der Waals surface area contributed by atoms with E-state index in [2.05, 4.69) is 31.8 Å². The summed E-state index contributed by atoms with van der Waals surface area (Å²) in [5.74, 6) is 0. The third-order valence-corrected chi connectivity index (χ3v) is 2.25. The first-order chi connectivity index (χ1) is 6.51. The van der Waals surface area contributed by atoms with Crippen molar-refractivity contribution in [3.8, 4) is 0 Å². The highest BCUT2D eigenvalue weighted by molar-refractivity contribution is 5.18. The summed E-state index contributed by atoms with van der Waals surface area (Å²) in [6, 6.07) is 2.15. The smallest absolute Gasteiger partial charge is 0.0312 e. The van der Waals surface area contributed by atoms with Crippen molar-refractivity contribution in [1.82, 2.24) is 4.98 Å². The fraction of sp³-hybridized carbons (Fsp3) is 0.583. The number of nitrogens with zero attached hydrogens (tertiary/aromatic N) is 1. The molecule has 2 heteroatoms. The predicted molar refractivity (Wildman–Crippen MR) is 59.9 cm³/mol. The molecule has 0 bridgehead atoms. The SMILES string of the molecule is CC(C)(C)CCc1cncc(CN)c1. The molecular weight excluding hydrogens is 172 g/mol. The maximum Gasteiger partial charge on any atom is 0.0312 e. The van der Waals surface area contributed by atoms with Crippen molar-refractivity contribution < 1.29 is 0 Å². The van der Waals surface area contributed by atoms with Gasteiger partial charge in [0.15, 0.2) is 0 Å². The predicted octanol–water partition coefficient (Wildman–Crippen LogP) is 2.52. The van der Waals surface area contributed by atoms with Crippen LogP contribution in [0.15, 0.2) is 18.5 Å². The van der Waals surface area contributed by atoms with E-state index in [1.165, 1.54) is 12.0 Å². The van der Waals surface area contributed by atoms with Gasteiger partial charge in [0.1, 0.15) is 0 Å². The summed E-state index contributed by atoms with van der Waals surface area (Å²) in [4.78, 5) is 4.18. The Morgan fingerprint density at radius 2 is 1.86 bits per heavy atom. The Bertz CT molecular complexity index is 287.